The largest absolute Gasteiger partial charge is 0.325 e. The van der Waals surface area contributed by atoms with Crippen LogP contribution in [0.25, 0.3) is 0 Å². The van der Waals surface area contributed by atoms with E-state index in [-0.39, 0.29) is 5.91 Å². The molecule has 0 spiro atoms. The number of nitriles is 1. The summed E-state index contributed by atoms with van der Waals surface area (Å²) >= 11 is 0. The molecule has 0 aliphatic carbocycles. The molecule has 1 rings (SSSR count). The number of carbonyl (C=O) groups is 1. The van der Waals surface area contributed by atoms with Crippen LogP contribution in [-0.2, 0) is 4.79 Å². The molecule has 0 saturated heterocycles. The predicted molar refractivity (Wildman–Crippen MR) is 72.2 cm³/mol. The van der Waals surface area contributed by atoms with Crippen molar-refractivity contribution in [3.63, 3.8) is 0 Å². The van der Waals surface area contributed by atoms with Gasteiger partial charge in [0.25, 0.3) is 0 Å². The second-order valence-electron chi connectivity index (χ2n) is 4.39. The van der Waals surface area contributed by atoms with Gasteiger partial charge >= 0.3 is 0 Å². The Morgan fingerprint density at radius 2 is 2.00 bits per heavy atom. The second kappa shape index (κ2) is 6.77. The maximum Gasteiger partial charge on any atom is 0.238 e. The minimum absolute atomic E-state index is 0.0322. The van der Waals surface area contributed by atoms with Crippen LogP contribution in [0.1, 0.15) is 26.3 Å². The van der Waals surface area contributed by atoms with Gasteiger partial charge < -0.3 is 5.32 Å². The molecular weight excluding hydrogens is 226 g/mol. The van der Waals surface area contributed by atoms with Crippen LogP contribution >= 0.6 is 0 Å². The van der Waals surface area contributed by atoms with E-state index in [1.165, 1.54) is 0 Å². The molecule has 1 aromatic rings. The molecule has 0 unspecified atom stereocenters. The Bertz CT molecular complexity index is 431. The Balaban J connectivity index is 2.56. The van der Waals surface area contributed by atoms with Crippen LogP contribution in [0.15, 0.2) is 24.3 Å². The van der Waals surface area contributed by atoms with Crippen LogP contribution in [0.2, 0.25) is 0 Å². The molecule has 0 bridgehead atoms. The average molecular weight is 245 g/mol. The van der Waals surface area contributed by atoms with Gasteiger partial charge in [0.15, 0.2) is 0 Å². The van der Waals surface area contributed by atoms with E-state index in [2.05, 4.69) is 24.1 Å². The van der Waals surface area contributed by atoms with E-state index in [1.54, 1.807) is 24.3 Å². The van der Waals surface area contributed by atoms with Gasteiger partial charge in [-0.15, -0.1) is 0 Å². The highest BCUT2D eigenvalue weighted by atomic mass is 16.2. The number of nitrogens with zero attached hydrogens (tertiary/aromatic N) is 2. The first-order valence-electron chi connectivity index (χ1n) is 6.11. The fraction of sp³-hybridized carbons (Fsp3) is 0.429. The first-order chi connectivity index (χ1) is 8.56. The highest BCUT2D eigenvalue weighted by molar-refractivity contribution is 5.92. The number of carbonyl (C=O) groups excluding carboxylic acids is 1. The molecule has 18 heavy (non-hydrogen) atoms. The third-order valence-corrected chi connectivity index (χ3v) is 2.78. The van der Waals surface area contributed by atoms with Crippen molar-refractivity contribution in [1.82, 2.24) is 4.90 Å². The third kappa shape index (κ3) is 4.19. The lowest BCUT2D eigenvalue weighted by Gasteiger charge is -2.23. The number of amides is 1. The van der Waals surface area contributed by atoms with Crippen molar-refractivity contribution in [3.8, 4) is 6.07 Å². The van der Waals surface area contributed by atoms with Crippen molar-refractivity contribution in [3.05, 3.63) is 29.8 Å². The van der Waals surface area contributed by atoms with Gasteiger partial charge in [-0.25, -0.2) is 0 Å². The SMILES string of the molecule is CCN(CC(=O)Nc1ccc(C#N)cc1)C(C)C. The van der Waals surface area contributed by atoms with Gasteiger partial charge in [0.1, 0.15) is 0 Å². The molecular formula is C14H19N3O. The summed E-state index contributed by atoms with van der Waals surface area (Å²) in [6, 6.07) is 9.25. The van der Waals surface area contributed by atoms with Gasteiger partial charge in [0.2, 0.25) is 5.91 Å². The quantitative estimate of drug-likeness (QED) is 0.865. The number of rotatable bonds is 5. The van der Waals surface area contributed by atoms with Gasteiger partial charge in [-0.1, -0.05) is 6.92 Å². The minimum Gasteiger partial charge on any atom is -0.325 e. The van der Waals surface area contributed by atoms with Crippen molar-refractivity contribution < 1.29 is 4.79 Å². The Kier molecular flexibility index (Phi) is 5.34. The number of nitrogens with one attached hydrogen (secondary N) is 1. The number of anilines is 1. The normalized spacial score (nSPS) is 10.4. The van der Waals surface area contributed by atoms with Gasteiger partial charge in [0.05, 0.1) is 18.2 Å². The number of hydrogen-bond donors (Lipinski definition) is 1. The van der Waals surface area contributed by atoms with Crippen molar-refractivity contribution in [2.24, 2.45) is 0 Å². The van der Waals surface area contributed by atoms with Crippen LogP contribution in [0.3, 0.4) is 0 Å². The zero-order valence-electron chi connectivity index (χ0n) is 11.1. The molecule has 1 N–H and O–H groups in total. The van der Waals surface area contributed by atoms with Gasteiger partial charge in [0, 0.05) is 11.7 Å². The highest BCUT2D eigenvalue weighted by Crippen LogP contribution is 2.09. The fourth-order valence-electron chi connectivity index (χ4n) is 1.67. The van der Waals surface area contributed by atoms with E-state index in [0.717, 1.165) is 12.2 Å². The van der Waals surface area contributed by atoms with E-state index in [4.69, 9.17) is 5.26 Å². The zero-order chi connectivity index (χ0) is 13.5. The number of benzene rings is 1. The molecule has 0 aliphatic rings. The lowest BCUT2D eigenvalue weighted by atomic mass is 10.2. The van der Waals surface area contributed by atoms with Gasteiger partial charge in [-0.2, -0.15) is 5.26 Å². The molecule has 0 aliphatic heterocycles. The van der Waals surface area contributed by atoms with Crippen LogP contribution in [0, 0.1) is 11.3 Å². The Hall–Kier alpha value is -1.86. The Morgan fingerprint density at radius 3 is 2.44 bits per heavy atom. The van der Waals surface area contributed by atoms with Crippen molar-refractivity contribution >= 4 is 11.6 Å². The van der Waals surface area contributed by atoms with Crippen LogP contribution in [0.4, 0.5) is 5.69 Å². The fourth-order valence-corrected chi connectivity index (χ4v) is 1.67. The summed E-state index contributed by atoms with van der Waals surface area (Å²) in [5, 5.41) is 11.5. The van der Waals surface area contributed by atoms with Crippen molar-refractivity contribution in [1.29, 1.82) is 5.26 Å². The summed E-state index contributed by atoms with van der Waals surface area (Å²) in [4.78, 5) is 13.9. The first-order valence-corrected chi connectivity index (χ1v) is 6.11. The maximum absolute atomic E-state index is 11.8. The second-order valence-corrected chi connectivity index (χ2v) is 4.39. The van der Waals surface area contributed by atoms with Crippen LogP contribution in [-0.4, -0.2) is 29.9 Å². The summed E-state index contributed by atoms with van der Waals surface area (Å²) in [7, 11) is 0. The maximum atomic E-state index is 11.8. The van der Waals surface area contributed by atoms with Crippen LogP contribution in [0.5, 0.6) is 0 Å². The molecule has 0 heterocycles. The molecule has 0 fully saturated rings. The topological polar surface area (TPSA) is 56.1 Å². The summed E-state index contributed by atoms with van der Waals surface area (Å²) in [5.74, 6) is -0.0322. The summed E-state index contributed by atoms with van der Waals surface area (Å²) in [6.45, 7) is 7.40. The highest BCUT2D eigenvalue weighted by Gasteiger charge is 2.11. The summed E-state index contributed by atoms with van der Waals surface area (Å²) in [5.41, 5.74) is 1.31. The summed E-state index contributed by atoms with van der Waals surface area (Å²) in [6.07, 6.45) is 0. The van der Waals surface area contributed by atoms with Crippen LogP contribution < -0.4 is 5.32 Å². The third-order valence-electron chi connectivity index (χ3n) is 2.78. The van der Waals surface area contributed by atoms with E-state index in [0.29, 0.717) is 18.2 Å². The smallest absolute Gasteiger partial charge is 0.238 e. The molecule has 1 aromatic carbocycles. The van der Waals surface area contributed by atoms with E-state index in [1.807, 2.05) is 13.0 Å². The van der Waals surface area contributed by atoms with E-state index >= 15 is 0 Å². The zero-order valence-corrected chi connectivity index (χ0v) is 11.1. The number of hydrogen-bond acceptors (Lipinski definition) is 3. The molecule has 0 saturated carbocycles. The van der Waals surface area contributed by atoms with Gasteiger partial charge in [-0.3, -0.25) is 9.69 Å². The molecule has 4 heteroatoms. The Morgan fingerprint density at radius 1 is 1.39 bits per heavy atom. The lowest BCUT2D eigenvalue weighted by Crippen LogP contribution is -2.37. The molecule has 4 nitrogen and oxygen atoms in total. The lowest BCUT2D eigenvalue weighted by molar-refractivity contribution is -0.117. The predicted octanol–water partition coefficient (Wildman–Crippen LogP) is 2.23. The molecule has 96 valence electrons. The molecule has 0 radical (unpaired) electrons. The molecule has 0 aromatic heterocycles. The summed E-state index contributed by atoms with van der Waals surface area (Å²) < 4.78 is 0. The van der Waals surface area contributed by atoms with Crippen molar-refractivity contribution in [2.45, 2.75) is 26.8 Å². The van der Waals surface area contributed by atoms with E-state index in [9.17, 15) is 4.79 Å². The first kappa shape index (κ1) is 14.2. The molecule has 1 amide bonds. The number of likely N-dealkylation sites (N-methyl/N-ethyl adjacent to an activating group) is 1. The standard InChI is InChI=1S/C14H19N3O/c1-4-17(11(2)3)10-14(18)16-13-7-5-12(9-15)6-8-13/h5-8,11H,4,10H2,1-3H3,(H,16,18). The Labute approximate surface area is 108 Å². The average Bonchev–Trinajstić information content (AvgIpc) is 2.36. The van der Waals surface area contributed by atoms with Gasteiger partial charge in [-0.05, 0) is 44.7 Å². The molecule has 0 atom stereocenters. The van der Waals surface area contributed by atoms with Crippen molar-refractivity contribution in [2.75, 3.05) is 18.4 Å². The monoisotopic (exact) mass is 245 g/mol. The minimum atomic E-state index is -0.0322. The van der Waals surface area contributed by atoms with E-state index < -0.39 is 0 Å².